The summed E-state index contributed by atoms with van der Waals surface area (Å²) in [6.45, 7) is 0.294. The molecular weight excluding hydrogens is 313 g/mol. The summed E-state index contributed by atoms with van der Waals surface area (Å²) in [7, 11) is 0. The van der Waals surface area contributed by atoms with E-state index in [1.807, 2.05) is 12.2 Å². The number of hydrogen-bond donors (Lipinski definition) is 2. The molecule has 2 atom stereocenters. The van der Waals surface area contributed by atoms with Gasteiger partial charge in [0.2, 0.25) is 5.91 Å². The van der Waals surface area contributed by atoms with Crippen LogP contribution in [0.5, 0.6) is 0 Å². The standard InChI is InChI=1S/C15H15Cl2NO3/c16-12-6-5-9(7-13(12)17)8-18-14(19)10-3-1-2-4-11(10)15(20)21/h1-2,5-7,10-11H,3-4,8H2,(H,18,19)(H,20,21)/t10-,11-/m1/s1. The molecule has 1 aliphatic carbocycles. The van der Waals surface area contributed by atoms with Crippen molar-refractivity contribution >= 4 is 35.1 Å². The van der Waals surface area contributed by atoms with Gasteiger partial charge in [0.25, 0.3) is 0 Å². The zero-order valence-electron chi connectivity index (χ0n) is 11.2. The van der Waals surface area contributed by atoms with E-state index in [1.165, 1.54) is 0 Å². The lowest BCUT2D eigenvalue weighted by molar-refractivity contribution is -0.147. The van der Waals surface area contributed by atoms with Gasteiger partial charge in [-0.15, -0.1) is 0 Å². The van der Waals surface area contributed by atoms with Crippen molar-refractivity contribution in [3.05, 3.63) is 46.0 Å². The van der Waals surface area contributed by atoms with Crippen LogP contribution in [0.2, 0.25) is 10.0 Å². The van der Waals surface area contributed by atoms with E-state index in [-0.39, 0.29) is 5.91 Å². The second-order valence-corrected chi connectivity index (χ2v) is 5.77. The zero-order chi connectivity index (χ0) is 15.4. The Bertz CT molecular complexity index is 586. The first kappa shape index (κ1) is 15.9. The molecule has 6 heteroatoms. The lowest BCUT2D eigenvalue weighted by Crippen LogP contribution is -2.38. The first-order valence-corrected chi connectivity index (χ1v) is 7.34. The largest absolute Gasteiger partial charge is 0.481 e. The maximum absolute atomic E-state index is 12.2. The molecule has 112 valence electrons. The summed E-state index contributed by atoms with van der Waals surface area (Å²) >= 11 is 11.7. The van der Waals surface area contributed by atoms with Crippen LogP contribution in [0.1, 0.15) is 18.4 Å². The Morgan fingerprint density at radius 2 is 1.81 bits per heavy atom. The number of amides is 1. The maximum Gasteiger partial charge on any atom is 0.307 e. The number of allylic oxidation sites excluding steroid dienone is 2. The van der Waals surface area contributed by atoms with Crippen molar-refractivity contribution in [2.45, 2.75) is 19.4 Å². The number of benzene rings is 1. The molecule has 0 saturated heterocycles. The molecular formula is C15H15Cl2NO3. The SMILES string of the molecule is O=C(O)[C@@H]1CC=CC[C@H]1C(=O)NCc1ccc(Cl)c(Cl)c1. The van der Waals surface area contributed by atoms with E-state index in [1.54, 1.807) is 18.2 Å². The minimum Gasteiger partial charge on any atom is -0.481 e. The second kappa shape index (κ2) is 6.96. The molecule has 0 saturated carbocycles. The predicted molar refractivity (Wildman–Crippen MR) is 81.3 cm³/mol. The fourth-order valence-electron chi connectivity index (χ4n) is 2.35. The summed E-state index contributed by atoms with van der Waals surface area (Å²) in [5.41, 5.74) is 0.816. The van der Waals surface area contributed by atoms with Crippen molar-refractivity contribution in [2.75, 3.05) is 0 Å². The summed E-state index contributed by atoms with van der Waals surface area (Å²) < 4.78 is 0. The van der Waals surface area contributed by atoms with Gasteiger partial charge in [0.05, 0.1) is 21.9 Å². The van der Waals surface area contributed by atoms with E-state index in [0.717, 1.165) is 5.56 Å². The van der Waals surface area contributed by atoms with Gasteiger partial charge in [-0.05, 0) is 30.5 Å². The van der Waals surface area contributed by atoms with Gasteiger partial charge in [-0.25, -0.2) is 0 Å². The minimum atomic E-state index is -0.936. The molecule has 4 nitrogen and oxygen atoms in total. The Morgan fingerprint density at radius 3 is 2.43 bits per heavy atom. The third-order valence-electron chi connectivity index (χ3n) is 3.54. The first-order valence-electron chi connectivity index (χ1n) is 6.58. The third-order valence-corrected chi connectivity index (χ3v) is 4.28. The fourth-order valence-corrected chi connectivity index (χ4v) is 2.67. The van der Waals surface area contributed by atoms with Gasteiger partial charge >= 0.3 is 5.97 Å². The summed E-state index contributed by atoms with van der Waals surface area (Å²) in [6.07, 6.45) is 4.49. The van der Waals surface area contributed by atoms with Gasteiger partial charge in [-0.1, -0.05) is 41.4 Å². The van der Waals surface area contributed by atoms with Crippen LogP contribution in [-0.2, 0) is 16.1 Å². The molecule has 0 aliphatic heterocycles. The average Bonchev–Trinajstić information content (AvgIpc) is 2.48. The van der Waals surface area contributed by atoms with Gasteiger partial charge in [-0.2, -0.15) is 0 Å². The number of halogens is 2. The normalized spacial score (nSPS) is 21.0. The summed E-state index contributed by atoms with van der Waals surface area (Å²) in [6, 6.07) is 5.11. The van der Waals surface area contributed by atoms with Gasteiger partial charge in [0, 0.05) is 6.54 Å². The number of carbonyl (C=O) groups excluding carboxylic acids is 1. The van der Waals surface area contributed by atoms with Crippen LogP contribution in [0.3, 0.4) is 0 Å². The fraction of sp³-hybridized carbons (Fsp3) is 0.333. The van der Waals surface area contributed by atoms with Crippen LogP contribution in [-0.4, -0.2) is 17.0 Å². The Kier molecular flexibility index (Phi) is 5.26. The van der Waals surface area contributed by atoms with Gasteiger partial charge in [-0.3, -0.25) is 9.59 Å². The molecule has 0 heterocycles. The van der Waals surface area contributed by atoms with Crippen molar-refractivity contribution in [2.24, 2.45) is 11.8 Å². The number of rotatable bonds is 4. The molecule has 0 spiro atoms. The Labute approximate surface area is 132 Å². The molecule has 1 aliphatic rings. The number of hydrogen-bond acceptors (Lipinski definition) is 2. The highest BCUT2D eigenvalue weighted by atomic mass is 35.5. The highest BCUT2D eigenvalue weighted by molar-refractivity contribution is 6.42. The Balaban J connectivity index is 1.99. The van der Waals surface area contributed by atoms with E-state index in [4.69, 9.17) is 28.3 Å². The van der Waals surface area contributed by atoms with Crippen molar-refractivity contribution in [3.63, 3.8) is 0 Å². The van der Waals surface area contributed by atoms with E-state index in [0.29, 0.717) is 29.4 Å². The summed E-state index contributed by atoms with van der Waals surface area (Å²) in [5, 5.41) is 12.8. The number of aliphatic carboxylic acids is 1. The van der Waals surface area contributed by atoms with Crippen molar-refractivity contribution < 1.29 is 14.7 Å². The van der Waals surface area contributed by atoms with Gasteiger partial charge in [0.1, 0.15) is 0 Å². The smallest absolute Gasteiger partial charge is 0.307 e. The molecule has 0 unspecified atom stereocenters. The predicted octanol–water partition coefficient (Wildman–Crippen LogP) is 3.28. The Hall–Kier alpha value is -1.52. The molecule has 2 N–H and O–H groups in total. The second-order valence-electron chi connectivity index (χ2n) is 4.96. The molecule has 21 heavy (non-hydrogen) atoms. The quantitative estimate of drug-likeness (QED) is 0.834. The van der Waals surface area contributed by atoms with E-state index in [2.05, 4.69) is 5.32 Å². The maximum atomic E-state index is 12.2. The molecule has 0 radical (unpaired) electrons. The van der Waals surface area contributed by atoms with Crippen LogP contribution >= 0.6 is 23.2 Å². The molecule has 0 bridgehead atoms. The average molecular weight is 328 g/mol. The molecule has 1 aromatic rings. The lowest BCUT2D eigenvalue weighted by atomic mass is 9.82. The number of carboxylic acid groups (broad SMARTS) is 1. The summed E-state index contributed by atoms with van der Waals surface area (Å²) in [4.78, 5) is 23.4. The van der Waals surface area contributed by atoms with Crippen LogP contribution in [0.4, 0.5) is 0 Å². The van der Waals surface area contributed by atoms with E-state index in [9.17, 15) is 9.59 Å². The van der Waals surface area contributed by atoms with Crippen LogP contribution in [0.15, 0.2) is 30.4 Å². The van der Waals surface area contributed by atoms with Crippen LogP contribution in [0.25, 0.3) is 0 Å². The summed E-state index contributed by atoms with van der Waals surface area (Å²) in [5.74, 6) is -2.38. The first-order chi connectivity index (χ1) is 9.99. The van der Waals surface area contributed by atoms with Gasteiger partial charge in [0.15, 0.2) is 0 Å². The van der Waals surface area contributed by atoms with Crippen molar-refractivity contribution in [1.29, 1.82) is 0 Å². The van der Waals surface area contributed by atoms with Crippen LogP contribution in [0, 0.1) is 11.8 Å². The topological polar surface area (TPSA) is 66.4 Å². The highest BCUT2D eigenvalue weighted by Crippen LogP contribution is 2.26. The van der Waals surface area contributed by atoms with Crippen LogP contribution < -0.4 is 5.32 Å². The van der Waals surface area contributed by atoms with Crippen molar-refractivity contribution in [3.8, 4) is 0 Å². The van der Waals surface area contributed by atoms with Crippen molar-refractivity contribution in [1.82, 2.24) is 5.32 Å². The number of nitrogens with one attached hydrogen (secondary N) is 1. The van der Waals surface area contributed by atoms with E-state index >= 15 is 0 Å². The molecule has 0 aromatic heterocycles. The monoisotopic (exact) mass is 327 g/mol. The molecule has 1 amide bonds. The lowest BCUT2D eigenvalue weighted by Gasteiger charge is -2.24. The molecule has 1 aromatic carbocycles. The Morgan fingerprint density at radius 1 is 1.14 bits per heavy atom. The molecule has 0 fully saturated rings. The zero-order valence-corrected chi connectivity index (χ0v) is 12.7. The number of carboxylic acids is 1. The van der Waals surface area contributed by atoms with E-state index < -0.39 is 17.8 Å². The molecule has 2 rings (SSSR count). The van der Waals surface area contributed by atoms with Gasteiger partial charge < -0.3 is 10.4 Å². The third kappa shape index (κ3) is 3.99. The number of carbonyl (C=O) groups is 2. The minimum absolute atomic E-state index is 0.252. The highest BCUT2D eigenvalue weighted by Gasteiger charge is 2.33.